The summed E-state index contributed by atoms with van der Waals surface area (Å²) >= 11 is 0. The van der Waals surface area contributed by atoms with Crippen LogP contribution in [0.1, 0.15) is 42.4 Å². The van der Waals surface area contributed by atoms with Gasteiger partial charge >= 0.3 is 5.97 Å². The van der Waals surface area contributed by atoms with Gasteiger partial charge in [0.05, 0.1) is 18.0 Å². The van der Waals surface area contributed by atoms with Crippen LogP contribution < -0.4 is 10.6 Å². The van der Waals surface area contributed by atoms with E-state index >= 15 is 0 Å². The Bertz CT molecular complexity index is 1080. The van der Waals surface area contributed by atoms with Crippen molar-refractivity contribution in [3.63, 3.8) is 0 Å². The fraction of sp³-hybridized carbons (Fsp3) is 0.273. The number of aromatic amines is 1. The average Bonchev–Trinajstić information content (AvgIpc) is 3.18. The average molecular weight is 426 g/mol. The Balaban J connectivity index is 1.42. The van der Waals surface area contributed by atoms with Gasteiger partial charge in [0.2, 0.25) is 0 Å². The van der Waals surface area contributed by atoms with E-state index in [4.69, 9.17) is 4.74 Å². The van der Waals surface area contributed by atoms with E-state index in [1.54, 1.807) is 37.3 Å². The van der Waals surface area contributed by atoms with Gasteiger partial charge in [-0.1, -0.05) is 30.3 Å². The molecule has 1 heterocycles. The molecule has 8 nitrogen and oxygen atoms in total. The summed E-state index contributed by atoms with van der Waals surface area (Å²) in [5.41, 5.74) is 1.70. The number of ether oxygens (including phenoxy) is 1. The third-order valence-electron chi connectivity index (χ3n) is 4.71. The Morgan fingerprint density at radius 3 is 2.55 bits per heavy atom. The Kier molecular flexibility index (Phi) is 6.96. The number of hydrogen-bond donors (Lipinski definition) is 3. The number of halogens is 1. The molecule has 162 valence electrons. The summed E-state index contributed by atoms with van der Waals surface area (Å²) in [6, 6.07) is 12.6. The van der Waals surface area contributed by atoms with Crippen LogP contribution in [0.5, 0.6) is 0 Å². The minimum atomic E-state index is -1.01. The van der Waals surface area contributed by atoms with Gasteiger partial charge in [-0.3, -0.25) is 19.5 Å². The van der Waals surface area contributed by atoms with E-state index in [0.29, 0.717) is 5.39 Å². The maximum atomic E-state index is 13.0. The molecule has 1 aromatic heterocycles. The van der Waals surface area contributed by atoms with Gasteiger partial charge in [-0.15, -0.1) is 0 Å². The van der Waals surface area contributed by atoms with E-state index in [1.165, 1.54) is 19.1 Å². The third kappa shape index (κ3) is 5.65. The second-order valence-corrected chi connectivity index (χ2v) is 7.04. The summed E-state index contributed by atoms with van der Waals surface area (Å²) < 4.78 is 18.1. The molecule has 0 aliphatic heterocycles. The van der Waals surface area contributed by atoms with Gasteiger partial charge in [-0.2, -0.15) is 5.10 Å². The molecule has 31 heavy (non-hydrogen) atoms. The van der Waals surface area contributed by atoms with E-state index in [0.717, 1.165) is 11.1 Å². The van der Waals surface area contributed by atoms with Gasteiger partial charge in [-0.05, 0) is 37.6 Å². The van der Waals surface area contributed by atoms with Crippen LogP contribution in [-0.2, 0) is 14.3 Å². The third-order valence-corrected chi connectivity index (χ3v) is 4.71. The molecule has 3 rings (SSSR count). The number of carbonyl (C=O) groups excluding carboxylic acids is 3. The van der Waals surface area contributed by atoms with Gasteiger partial charge in [-0.25, -0.2) is 4.39 Å². The number of nitrogens with one attached hydrogen (secondary N) is 3. The van der Waals surface area contributed by atoms with E-state index in [1.807, 2.05) is 6.07 Å². The number of benzene rings is 2. The Hall–Kier alpha value is -3.75. The summed E-state index contributed by atoms with van der Waals surface area (Å²) in [5.74, 6) is -1.87. The monoisotopic (exact) mass is 426 g/mol. The molecule has 0 spiro atoms. The van der Waals surface area contributed by atoms with Crippen LogP contribution in [0.15, 0.2) is 48.5 Å². The van der Waals surface area contributed by atoms with Crippen molar-refractivity contribution < 1.29 is 23.5 Å². The van der Waals surface area contributed by atoms with Crippen LogP contribution in [0.3, 0.4) is 0 Å². The number of carbonyl (C=O) groups is 3. The number of hydrogen-bond acceptors (Lipinski definition) is 5. The zero-order chi connectivity index (χ0) is 22.4. The topological polar surface area (TPSA) is 113 Å². The predicted octanol–water partition coefficient (Wildman–Crippen LogP) is 2.63. The van der Waals surface area contributed by atoms with Crippen molar-refractivity contribution in [2.24, 2.45) is 0 Å². The highest BCUT2D eigenvalue weighted by molar-refractivity contribution is 6.04. The fourth-order valence-corrected chi connectivity index (χ4v) is 2.97. The van der Waals surface area contributed by atoms with Crippen molar-refractivity contribution in [1.29, 1.82) is 0 Å². The van der Waals surface area contributed by atoms with Gasteiger partial charge in [0.1, 0.15) is 5.82 Å². The number of rotatable bonds is 8. The van der Waals surface area contributed by atoms with Crippen LogP contribution in [0.25, 0.3) is 10.9 Å². The Morgan fingerprint density at radius 1 is 1.10 bits per heavy atom. The SMILES string of the molecule is CC(OC(=O)CCNC(=O)c1n[nH]c2ccccc12)C(=O)NC(C)c1ccc(F)cc1. The highest BCUT2D eigenvalue weighted by atomic mass is 19.1. The molecular formula is C22H23FN4O4. The lowest BCUT2D eigenvalue weighted by atomic mass is 10.1. The van der Waals surface area contributed by atoms with Crippen molar-refractivity contribution >= 4 is 28.7 Å². The smallest absolute Gasteiger partial charge is 0.308 e. The van der Waals surface area contributed by atoms with Crippen molar-refractivity contribution in [1.82, 2.24) is 20.8 Å². The lowest BCUT2D eigenvalue weighted by molar-refractivity contribution is -0.154. The molecule has 3 N–H and O–H groups in total. The first-order valence-electron chi connectivity index (χ1n) is 9.81. The molecule has 0 aliphatic carbocycles. The first-order chi connectivity index (χ1) is 14.8. The highest BCUT2D eigenvalue weighted by Gasteiger charge is 2.20. The zero-order valence-corrected chi connectivity index (χ0v) is 17.1. The standard InChI is InChI=1S/C22H23FN4O4/c1-13(15-7-9-16(23)10-8-15)25-21(29)14(2)31-19(28)11-12-24-22(30)20-17-5-3-4-6-18(17)26-27-20/h3-10,13-14H,11-12H2,1-2H3,(H,24,30)(H,25,29)(H,26,27). The largest absolute Gasteiger partial charge is 0.452 e. The van der Waals surface area contributed by atoms with Gasteiger partial charge in [0, 0.05) is 11.9 Å². The molecule has 0 bridgehead atoms. The maximum absolute atomic E-state index is 13.0. The number of para-hydroxylation sites is 1. The fourth-order valence-electron chi connectivity index (χ4n) is 2.97. The first-order valence-corrected chi connectivity index (χ1v) is 9.81. The second kappa shape index (κ2) is 9.84. The van der Waals surface area contributed by atoms with Crippen LogP contribution in [0.2, 0.25) is 0 Å². The Morgan fingerprint density at radius 2 is 1.81 bits per heavy atom. The maximum Gasteiger partial charge on any atom is 0.308 e. The minimum Gasteiger partial charge on any atom is -0.452 e. The lowest BCUT2D eigenvalue weighted by Gasteiger charge is -2.18. The van der Waals surface area contributed by atoms with Crippen LogP contribution in [-0.4, -0.2) is 40.6 Å². The first kappa shape index (κ1) is 21.9. The van der Waals surface area contributed by atoms with Crippen LogP contribution in [0.4, 0.5) is 4.39 Å². The second-order valence-electron chi connectivity index (χ2n) is 7.04. The summed E-state index contributed by atoms with van der Waals surface area (Å²) in [4.78, 5) is 36.5. The number of aromatic nitrogens is 2. The number of fused-ring (bicyclic) bond motifs is 1. The van der Waals surface area contributed by atoms with E-state index in [9.17, 15) is 18.8 Å². The molecule has 2 unspecified atom stereocenters. The highest BCUT2D eigenvalue weighted by Crippen LogP contribution is 2.15. The number of esters is 1. The van der Waals surface area contributed by atoms with Crippen molar-refractivity contribution in [2.75, 3.05) is 6.54 Å². The zero-order valence-electron chi connectivity index (χ0n) is 17.1. The summed E-state index contributed by atoms with van der Waals surface area (Å²) in [5, 5.41) is 12.8. The van der Waals surface area contributed by atoms with Crippen molar-refractivity contribution in [3.05, 3.63) is 65.6 Å². The molecule has 0 saturated heterocycles. The van der Waals surface area contributed by atoms with E-state index in [2.05, 4.69) is 20.8 Å². The summed E-state index contributed by atoms with van der Waals surface area (Å²) in [7, 11) is 0. The predicted molar refractivity (Wildman–Crippen MR) is 112 cm³/mol. The summed E-state index contributed by atoms with van der Waals surface area (Å²) in [6.45, 7) is 3.24. The molecule has 2 amide bonds. The molecule has 9 heteroatoms. The number of nitrogens with zero attached hydrogens (tertiary/aromatic N) is 1. The molecule has 0 fully saturated rings. The van der Waals surface area contributed by atoms with Gasteiger partial charge in [0.15, 0.2) is 11.8 Å². The normalized spacial score (nSPS) is 12.7. The van der Waals surface area contributed by atoms with Gasteiger partial charge in [0.25, 0.3) is 11.8 Å². The van der Waals surface area contributed by atoms with Crippen LogP contribution in [0, 0.1) is 5.82 Å². The van der Waals surface area contributed by atoms with Crippen LogP contribution >= 0.6 is 0 Å². The molecule has 0 aliphatic rings. The van der Waals surface area contributed by atoms with Gasteiger partial charge < -0.3 is 15.4 Å². The molecule has 2 aromatic carbocycles. The molecule has 3 aromatic rings. The molecule has 2 atom stereocenters. The number of amides is 2. The molecular weight excluding hydrogens is 403 g/mol. The van der Waals surface area contributed by atoms with Crippen molar-refractivity contribution in [3.8, 4) is 0 Å². The van der Waals surface area contributed by atoms with Crippen molar-refractivity contribution in [2.45, 2.75) is 32.4 Å². The van der Waals surface area contributed by atoms with E-state index < -0.39 is 23.9 Å². The minimum absolute atomic E-state index is 0.0408. The van der Waals surface area contributed by atoms with E-state index in [-0.39, 0.29) is 30.5 Å². The lowest BCUT2D eigenvalue weighted by Crippen LogP contribution is -2.37. The molecule has 0 saturated carbocycles. The Labute approximate surface area is 178 Å². The summed E-state index contributed by atoms with van der Waals surface area (Å²) in [6.07, 6.45) is -1.11. The number of H-pyrrole nitrogens is 1. The molecule has 0 radical (unpaired) electrons. The quantitative estimate of drug-likeness (QED) is 0.479.